The van der Waals surface area contributed by atoms with E-state index >= 15 is 0 Å². The maximum Gasteiger partial charge on any atom is 0.0523 e. The van der Waals surface area contributed by atoms with E-state index in [9.17, 15) is 0 Å². The highest BCUT2D eigenvalue weighted by Gasteiger charge is 2.28. The fourth-order valence-corrected chi connectivity index (χ4v) is 3.09. The van der Waals surface area contributed by atoms with Gasteiger partial charge in [-0.05, 0) is 30.7 Å². The van der Waals surface area contributed by atoms with Crippen LogP contribution in [-0.2, 0) is 0 Å². The summed E-state index contributed by atoms with van der Waals surface area (Å²) in [5.41, 5.74) is 10.8. The van der Waals surface area contributed by atoms with Crippen molar-refractivity contribution in [2.75, 3.05) is 5.73 Å². The van der Waals surface area contributed by atoms with E-state index in [0.29, 0.717) is 5.92 Å². The van der Waals surface area contributed by atoms with Gasteiger partial charge in [0.25, 0.3) is 0 Å². The molecule has 1 saturated carbocycles. The van der Waals surface area contributed by atoms with Gasteiger partial charge >= 0.3 is 0 Å². The van der Waals surface area contributed by atoms with Gasteiger partial charge < -0.3 is 5.73 Å². The number of rotatable bonds is 4. The lowest BCUT2D eigenvalue weighted by atomic mass is 9.76. The Bertz CT molecular complexity index is 372. The molecule has 100 valence electrons. The molecule has 1 unspecified atom stereocenters. The van der Waals surface area contributed by atoms with Crippen LogP contribution in [0.15, 0.2) is 18.5 Å². The van der Waals surface area contributed by atoms with Crippen LogP contribution in [0.3, 0.4) is 0 Å². The fourth-order valence-electron chi connectivity index (χ4n) is 3.09. The second-order valence-electron chi connectivity index (χ2n) is 5.34. The summed E-state index contributed by atoms with van der Waals surface area (Å²) in [6.07, 6.45) is 9.91. The molecule has 1 aliphatic carbocycles. The number of nitrogens with one attached hydrogen (secondary N) is 1. The molecule has 4 heteroatoms. The standard InChI is InChI=1S/C14H24N4/c1-2-10-3-5-11(6-4-10)14(18-16)12-9-17-8-7-13(12)15/h7-11,14,18H,2-6,16H2,1H3,(H2,15,17). The summed E-state index contributed by atoms with van der Waals surface area (Å²) >= 11 is 0. The minimum Gasteiger partial charge on any atom is -0.398 e. The van der Waals surface area contributed by atoms with Crippen molar-refractivity contribution in [3.05, 3.63) is 24.0 Å². The Morgan fingerprint density at radius 2 is 2.11 bits per heavy atom. The number of hydrogen-bond acceptors (Lipinski definition) is 4. The Labute approximate surface area is 109 Å². The smallest absolute Gasteiger partial charge is 0.0523 e. The topological polar surface area (TPSA) is 77.0 Å². The number of hydrogen-bond donors (Lipinski definition) is 3. The third kappa shape index (κ3) is 2.82. The second-order valence-corrected chi connectivity index (χ2v) is 5.34. The molecule has 18 heavy (non-hydrogen) atoms. The summed E-state index contributed by atoms with van der Waals surface area (Å²) in [6.45, 7) is 2.28. The lowest BCUT2D eigenvalue weighted by molar-refractivity contribution is 0.219. The molecule has 1 aromatic rings. The Kier molecular flexibility index (Phi) is 4.55. The molecule has 0 radical (unpaired) electrons. The van der Waals surface area contributed by atoms with Crippen molar-refractivity contribution < 1.29 is 0 Å². The maximum atomic E-state index is 6.02. The lowest BCUT2D eigenvalue weighted by Gasteiger charge is -2.33. The Morgan fingerprint density at radius 3 is 2.67 bits per heavy atom. The van der Waals surface area contributed by atoms with E-state index in [1.54, 1.807) is 6.20 Å². The van der Waals surface area contributed by atoms with E-state index in [-0.39, 0.29) is 6.04 Å². The molecule has 5 N–H and O–H groups in total. The number of anilines is 1. The normalized spacial score (nSPS) is 25.9. The largest absolute Gasteiger partial charge is 0.398 e. The molecular formula is C14H24N4. The summed E-state index contributed by atoms with van der Waals surface area (Å²) in [4.78, 5) is 4.16. The van der Waals surface area contributed by atoms with Gasteiger partial charge in [-0.2, -0.15) is 0 Å². The van der Waals surface area contributed by atoms with Gasteiger partial charge in [0, 0.05) is 23.6 Å². The zero-order valence-corrected chi connectivity index (χ0v) is 11.1. The quantitative estimate of drug-likeness (QED) is 0.565. The maximum absolute atomic E-state index is 6.02. The molecule has 0 aromatic carbocycles. The van der Waals surface area contributed by atoms with Gasteiger partial charge in [-0.3, -0.25) is 16.3 Å². The number of aromatic nitrogens is 1. The molecule has 1 heterocycles. The monoisotopic (exact) mass is 248 g/mol. The first-order valence-electron chi connectivity index (χ1n) is 6.91. The van der Waals surface area contributed by atoms with Crippen LogP contribution < -0.4 is 17.0 Å². The molecule has 0 amide bonds. The summed E-state index contributed by atoms with van der Waals surface area (Å²) in [5, 5.41) is 0. The summed E-state index contributed by atoms with van der Waals surface area (Å²) in [6, 6.07) is 1.98. The van der Waals surface area contributed by atoms with Crippen LogP contribution in [0.1, 0.15) is 50.6 Å². The first kappa shape index (κ1) is 13.3. The summed E-state index contributed by atoms with van der Waals surface area (Å²) < 4.78 is 0. The number of nitrogens with zero attached hydrogens (tertiary/aromatic N) is 1. The second kappa shape index (κ2) is 6.16. The highest BCUT2D eigenvalue weighted by atomic mass is 15.2. The predicted molar refractivity (Wildman–Crippen MR) is 74.5 cm³/mol. The van der Waals surface area contributed by atoms with Gasteiger partial charge in [-0.25, -0.2) is 0 Å². The minimum atomic E-state index is 0.136. The van der Waals surface area contributed by atoms with Crippen LogP contribution in [-0.4, -0.2) is 4.98 Å². The average molecular weight is 248 g/mol. The van der Waals surface area contributed by atoms with Crippen LogP contribution in [0.25, 0.3) is 0 Å². The van der Waals surface area contributed by atoms with Crippen molar-refractivity contribution in [2.24, 2.45) is 17.7 Å². The van der Waals surface area contributed by atoms with Crippen LogP contribution >= 0.6 is 0 Å². The molecule has 0 saturated heterocycles. The molecule has 1 fully saturated rings. The van der Waals surface area contributed by atoms with E-state index in [2.05, 4.69) is 17.3 Å². The van der Waals surface area contributed by atoms with Crippen LogP contribution in [0, 0.1) is 11.8 Å². The van der Waals surface area contributed by atoms with Gasteiger partial charge in [0.1, 0.15) is 0 Å². The molecular weight excluding hydrogens is 224 g/mol. The fraction of sp³-hybridized carbons (Fsp3) is 0.643. The molecule has 1 aromatic heterocycles. The first-order valence-corrected chi connectivity index (χ1v) is 6.91. The van der Waals surface area contributed by atoms with Gasteiger partial charge in [0.2, 0.25) is 0 Å². The van der Waals surface area contributed by atoms with E-state index in [1.807, 2.05) is 12.3 Å². The molecule has 1 atom stereocenters. The van der Waals surface area contributed by atoms with Crippen molar-refractivity contribution in [1.82, 2.24) is 10.4 Å². The van der Waals surface area contributed by atoms with Crippen molar-refractivity contribution in [2.45, 2.75) is 45.1 Å². The molecule has 0 bridgehead atoms. The summed E-state index contributed by atoms with van der Waals surface area (Å²) in [5.74, 6) is 7.21. The molecule has 2 rings (SSSR count). The third-order valence-corrected chi connectivity index (χ3v) is 4.34. The van der Waals surface area contributed by atoms with Crippen LogP contribution in [0.4, 0.5) is 5.69 Å². The van der Waals surface area contributed by atoms with Crippen molar-refractivity contribution in [3.63, 3.8) is 0 Å². The SMILES string of the molecule is CCC1CCC(C(NN)c2cnccc2N)CC1. The van der Waals surface area contributed by atoms with E-state index in [4.69, 9.17) is 11.6 Å². The Hall–Kier alpha value is -1.13. The summed E-state index contributed by atoms with van der Waals surface area (Å²) in [7, 11) is 0. The van der Waals surface area contributed by atoms with Crippen molar-refractivity contribution >= 4 is 5.69 Å². The minimum absolute atomic E-state index is 0.136. The Balaban J connectivity index is 2.08. The molecule has 0 spiro atoms. The highest BCUT2D eigenvalue weighted by molar-refractivity contribution is 5.46. The zero-order chi connectivity index (χ0) is 13.0. The molecule has 4 nitrogen and oxygen atoms in total. The zero-order valence-electron chi connectivity index (χ0n) is 11.1. The van der Waals surface area contributed by atoms with Crippen LogP contribution in [0.5, 0.6) is 0 Å². The predicted octanol–water partition coefficient (Wildman–Crippen LogP) is 2.38. The first-order chi connectivity index (χ1) is 8.76. The van der Waals surface area contributed by atoms with Gasteiger partial charge in [0.05, 0.1) is 6.04 Å². The van der Waals surface area contributed by atoms with Gasteiger partial charge in [0.15, 0.2) is 0 Å². The van der Waals surface area contributed by atoms with Crippen molar-refractivity contribution in [3.8, 4) is 0 Å². The van der Waals surface area contributed by atoms with E-state index in [0.717, 1.165) is 17.2 Å². The average Bonchev–Trinajstić information content (AvgIpc) is 2.42. The molecule has 1 aliphatic rings. The van der Waals surface area contributed by atoms with Gasteiger partial charge in [-0.15, -0.1) is 0 Å². The van der Waals surface area contributed by atoms with Crippen molar-refractivity contribution in [1.29, 1.82) is 0 Å². The van der Waals surface area contributed by atoms with Gasteiger partial charge in [-0.1, -0.05) is 26.2 Å². The van der Waals surface area contributed by atoms with Crippen LogP contribution in [0.2, 0.25) is 0 Å². The number of pyridine rings is 1. The number of nitrogen functional groups attached to an aromatic ring is 1. The lowest BCUT2D eigenvalue weighted by Crippen LogP contribution is -2.35. The third-order valence-electron chi connectivity index (χ3n) is 4.34. The number of hydrazine groups is 1. The van der Waals surface area contributed by atoms with E-state index < -0.39 is 0 Å². The Morgan fingerprint density at radius 1 is 1.39 bits per heavy atom. The highest BCUT2D eigenvalue weighted by Crippen LogP contribution is 2.38. The van der Waals surface area contributed by atoms with E-state index in [1.165, 1.54) is 32.1 Å². The molecule has 0 aliphatic heterocycles. The number of nitrogens with two attached hydrogens (primary N) is 2.